The van der Waals surface area contributed by atoms with Crippen LogP contribution in [-0.4, -0.2) is 69.2 Å². The van der Waals surface area contributed by atoms with Gasteiger partial charge in [-0.2, -0.15) is 0 Å². The maximum atomic E-state index is 10.4. The molecule has 128 valence electrons. The molecule has 0 unspecified atom stereocenters. The van der Waals surface area contributed by atoms with Crippen LogP contribution in [0.3, 0.4) is 0 Å². The van der Waals surface area contributed by atoms with E-state index in [2.05, 4.69) is 0 Å². The summed E-state index contributed by atoms with van der Waals surface area (Å²) in [6.45, 7) is 3.64. The summed E-state index contributed by atoms with van der Waals surface area (Å²) in [6, 6.07) is 11.6. The van der Waals surface area contributed by atoms with E-state index in [1.165, 1.54) is 24.3 Å². The Bertz CT molecular complexity index is 754. The van der Waals surface area contributed by atoms with Crippen LogP contribution in [0.1, 0.15) is 11.1 Å². The Morgan fingerprint density at radius 3 is 1.00 bits per heavy atom. The van der Waals surface area contributed by atoms with Crippen molar-refractivity contribution < 1.29 is 31.4 Å². The van der Waals surface area contributed by atoms with Gasteiger partial charge in [0, 0.05) is 0 Å². The molecule has 0 radical (unpaired) electrons. The Hall–Kier alpha value is -0.520. The second-order valence-electron chi connectivity index (χ2n) is 4.53. The molecule has 24 heavy (non-hydrogen) atoms. The fraction of sp³-hybridized carbons (Fsp3) is 0.143. The van der Waals surface area contributed by atoms with Gasteiger partial charge in [-0.05, 0) is 38.1 Å². The van der Waals surface area contributed by atoms with E-state index in [0.29, 0.717) is 0 Å². The van der Waals surface area contributed by atoms with Crippen LogP contribution in [0.15, 0.2) is 58.3 Å². The van der Waals surface area contributed by atoms with Crippen LogP contribution in [0.2, 0.25) is 0 Å². The summed E-state index contributed by atoms with van der Waals surface area (Å²) >= 11 is 0. The predicted molar refractivity (Wildman–Crippen MR) is 87.7 cm³/mol. The zero-order valence-corrected chi connectivity index (χ0v) is 16.9. The average molecular weight is 400 g/mol. The first-order valence-corrected chi connectivity index (χ1v) is 8.87. The second-order valence-corrected chi connectivity index (χ2v) is 7.29. The van der Waals surface area contributed by atoms with E-state index in [1.54, 1.807) is 24.3 Å². The third-order valence-electron chi connectivity index (χ3n) is 2.62. The summed E-state index contributed by atoms with van der Waals surface area (Å²) in [4.78, 5) is -0.355. The van der Waals surface area contributed by atoms with Crippen LogP contribution in [0, 0.1) is 13.8 Å². The first kappa shape index (κ1) is 25.7. The molecule has 0 fully saturated rings. The molecule has 7 nitrogen and oxygen atoms in total. The third-order valence-corrected chi connectivity index (χ3v) is 4.32. The van der Waals surface area contributed by atoms with E-state index in [1.807, 2.05) is 13.8 Å². The monoisotopic (exact) mass is 400 g/mol. The van der Waals surface area contributed by atoms with E-state index >= 15 is 0 Å². The first-order chi connectivity index (χ1) is 10.00. The van der Waals surface area contributed by atoms with Gasteiger partial charge in [0.2, 0.25) is 0 Å². The van der Waals surface area contributed by atoms with Gasteiger partial charge in [0.15, 0.2) is 0 Å². The van der Waals surface area contributed by atoms with Gasteiger partial charge in [-0.3, -0.25) is 0 Å². The molecule has 0 amide bonds. The molecular weight excluding hydrogens is 384 g/mol. The van der Waals surface area contributed by atoms with Gasteiger partial charge in [-0.25, -0.2) is 16.8 Å². The van der Waals surface area contributed by atoms with E-state index in [0.717, 1.165) is 11.1 Å². The summed E-state index contributed by atoms with van der Waals surface area (Å²) in [5.74, 6) is 0. The van der Waals surface area contributed by atoms with Crippen LogP contribution in [-0.2, 0) is 20.2 Å². The summed E-state index contributed by atoms with van der Waals surface area (Å²) in [7, 11) is -8.54. The molecule has 0 spiro atoms. The van der Waals surface area contributed by atoms with Gasteiger partial charge in [0.05, 0.1) is 9.79 Å². The van der Waals surface area contributed by atoms with Crippen LogP contribution < -0.4 is 0 Å². The van der Waals surface area contributed by atoms with E-state index < -0.39 is 20.2 Å². The van der Waals surface area contributed by atoms with Crippen LogP contribution in [0.25, 0.3) is 0 Å². The van der Waals surface area contributed by atoms with Crippen LogP contribution in [0.4, 0.5) is 0 Å². The SMILES string of the molecule is Cc1ccc(S(=O)(=O)[O-])cc1.Cc1ccc(S(=O)(=O)[O-])cc1.O.[Ca+2]. The maximum Gasteiger partial charge on any atom is 2.00 e. The molecule has 0 aliphatic heterocycles. The molecule has 0 saturated carbocycles. The molecule has 2 rings (SSSR count). The zero-order chi connectivity index (χ0) is 17.0. The summed E-state index contributed by atoms with van der Waals surface area (Å²) in [5.41, 5.74) is 1.86. The maximum absolute atomic E-state index is 10.4. The molecule has 0 atom stereocenters. The van der Waals surface area contributed by atoms with E-state index in [4.69, 9.17) is 0 Å². The van der Waals surface area contributed by atoms with Gasteiger partial charge in [-0.15, -0.1) is 0 Å². The van der Waals surface area contributed by atoms with Gasteiger partial charge < -0.3 is 14.6 Å². The van der Waals surface area contributed by atoms with Crippen molar-refractivity contribution in [2.45, 2.75) is 23.6 Å². The number of hydrogen-bond donors (Lipinski definition) is 0. The van der Waals surface area contributed by atoms with Crippen molar-refractivity contribution >= 4 is 58.0 Å². The molecule has 0 aliphatic carbocycles. The Labute approximate surface area is 171 Å². The molecule has 0 aromatic heterocycles. The van der Waals surface area contributed by atoms with Crippen molar-refractivity contribution in [1.82, 2.24) is 0 Å². The van der Waals surface area contributed by atoms with Gasteiger partial charge in [0.1, 0.15) is 20.2 Å². The molecule has 0 bridgehead atoms. The van der Waals surface area contributed by atoms with Gasteiger partial charge >= 0.3 is 37.7 Å². The van der Waals surface area contributed by atoms with Crippen molar-refractivity contribution in [3.05, 3.63) is 59.7 Å². The number of aryl methyl sites for hydroxylation is 2. The zero-order valence-electron chi connectivity index (χ0n) is 13.1. The molecule has 0 heterocycles. The summed E-state index contributed by atoms with van der Waals surface area (Å²) < 4.78 is 62.3. The van der Waals surface area contributed by atoms with Gasteiger partial charge in [-0.1, -0.05) is 35.4 Å². The Balaban J connectivity index is 0. The molecule has 0 aliphatic rings. The summed E-state index contributed by atoms with van der Waals surface area (Å²) in [6.07, 6.45) is 0. The van der Waals surface area contributed by atoms with E-state index in [-0.39, 0.29) is 53.0 Å². The molecule has 2 N–H and O–H groups in total. The minimum atomic E-state index is -4.27. The predicted octanol–water partition coefficient (Wildman–Crippen LogP) is 0.593. The van der Waals surface area contributed by atoms with Crippen molar-refractivity contribution in [3.63, 3.8) is 0 Å². The fourth-order valence-corrected chi connectivity index (χ4v) is 2.35. The summed E-state index contributed by atoms with van der Waals surface area (Å²) in [5, 5.41) is 0. The Morgan fingerprint density at radius 2 is 0.833 bits per heavy atom. The number of rotatable bonds is 2. The van der Waals surface area contributed by atoms with Crippen LogP contribution in [0.5, 0.6) is 0 Å². The fourth-order valence-electron chi connectivity index (χ4n) is 1.41. The second kappa shape index (κ2) is 10.5. The minimum absolute atomic E-state index is 0. The smallest absolute Gasteiger partial charge is 0.744 e. The van der Waals surface area contributed by atoms with Crippen molar-refractivity contribution in [2.24, 2.45) is 0 Å². The molecule has 2 aromatic rings. The Morgan fingerprint density at radius 1 is 0.625 bits per heavy atom. The van der Waals surface area contributed by atoms with Crippen LogP contribution >= 0.6 is 0 Å². The average Bonchev–Trinajstić information content (AvgIpc) is 2.38. The van der Waals surface area contributed by atoms with Gasteiger partial charge in [0.25, 0.3) is 0 Å². The molecule has 0 saturated heterocycles. The number of benzene rings is 2. The molecular formula is C14H16CaO7S2. The largest absolute Gasteiger partial charge is 2.00 e. The van der Waals surface area contributed by atoms with Crippen molar-refractivity contribution in [1.29, 1.82) is 0 Å². The quantitative estimate of drug-likeness (QED) is 0.532. The topological polar surface area (TPSA) is 146 Å². The molecule has 2 aromatic carbocycles. The third kappa shape index (κ3) is 9.09. The Kier molecular flexibility index (Phi) is 11.2. The van der Waals surface area contributed by atoms with Crippen molar-refractivity contribution in [2.75, 3.05) is 0 Å². The van der Waals surface area contributed by atoms with Crippen molar-refractivity contribution in [3.8, 4) is 0 Å². The standard InChI is InChI=1S/2C7H8O3S.Ca.H2O/c2*1-6-2-4-7(5-3-6)11(8,9)10;;/h2*2-5H,1H3,(H,8,9,10);;1H2/q;;+2;/p-2. The first-order valence-electron chi connectivity index (χ1n) is 6.05. The number of hydrogen-bond acceptors (Lipinski definition) is 6. The molecule has 10 heteroatoms. The van der Waals surface area contributed by atoms with E-state index in [9.17, 15) is 25.9 Å². The normalized spacial score (nSPS) is 10.5. The minimum Gasteiger partial charge on any atom is -0.744 e.